The van der Waals surface area contributed by atoms with E-state index in [2.05, 4.69) is 5.32 Å². The SMILES string of the molecule is O=C(NCC(O)C(O)c1cccc2c1CC=C2)OCc1ccccc1. The van der Waals surface area contributed by atoms with Gasteiger partial charge >= 0.3 is 6.09 Å². The van der Waals surface area contributed by atoms with Crippen LogP contribution in [0.25, 0.3) is 6.08 Å². The predicted molar refractivity (Wildman–Crippen MR) is 94.8 cm³/mol. The summed E-state index contributed by atoms with van der Waals surface area (Å²) in [6.07, 6.45) is 1.95. The number of hydrogen-bond acceptors (Lipinski definition) is 4. The van der Waals surface area contributed by atoms with Crippen LogP contribution in [-0.2, 0) is 17.8 Å². The Hall–Kier alpha value is -2.63. The molecule has 3 rings (SSSR count). The standard InChI is InChI=1S/C20H21NO4/c22-18(12-21-20(24)25-13-14-6-2-1-3-7-14)19(23)17-11-5-9-15-8-4-10-16(15)17/h1-9,11,18-19,22-23H,10,12-13H2,(H,21,24). The molecule has 1 amide bonds. The molecule has 2 aromatic carbocycles. The molecule has 0 saturated carbocycles. The Labute approximate surface area is 146 Å². The summed E-state index contributed by atoms with van der Waals surface area (Å²) in [5.41, 5.74) is 3.64. The molecule has 0 aromatic heterocycles. The molecule has 2 unspecified atom stereocenters. The van der Waals surface area contributed by atoms with E-state index in [9.17, 15) is 15.0 Å². The molecular weight excluding hydrogens is 318 g/mol. The zero-order valence-electron chi connectivity index (χ0n) is 13.8. The van der Waals surface area contributed by atoms with Crippen molar-refractivity contribution in [2.45, 2.75) is 25.2 Å². The average molecular weight is 339 g/mol. The van der Waals surface area contributed by atoms with Gasteiger partial charge in [0.25, 0.3) is 0 Å². The molecule has 1 aliphatic rings. The Morgan fingerprint density at radius 3 is 2.72 bits per heavy atom. The van der Waals surface area contributed by atoms with Gasteiger partial charge in [-0.05, 0) is 28.7 Å². The Bertz CT molecular complexity index is 758. The summed E-state index contributed by atoms with van der Waals surface area (Å²) in [7, 11) is 0. The molecular formula is C20H21NO4. The van der Waals surface area contributed by atoms with Crippen molar-refractivity contribution < 1.29 is 19.7 Å². The smallest absolute Gasteiger partial charge is 0.407 e. The van der Waals surface area contributed by atoms with Crippen LogP contribution in [0.4, 0.5) is 4.79 Å². The molecule has 0 fully saturated rings. The number of ether oxygens (including phenoxy) is 1. The van der Waals surface area contributed by atoms with E-state index in [4.69, 9.17) is 4.74 Å². The van der Waals surface area contributed by atoms with Crippen LogP contribution in [0.1, 0.15) is 28.4 Å². The zero-order chi connectivity index (χ0) is 17.6. The number of rotatable bonds is 6. The predicted octanol–water partition coefficient (Wildman–Crippen LogP) is 2.58. The number of fused-ring (bicyclic) bond motifs is 1. The first-order valence-corrected chi connectivity index (χ1v) is 8.24. The number of aliphatic hydroxyl groups is 2. The highest BCUT2D eigenvalue weighted by Gasteiger charge is 2.23. The summed E-state index contributed by atoms with van der Waals surface area (Å²) in [6, 6.07) is 15.0. The van der Waals surface area contributed by atoms with E-state index in [1.54, 1.807) is 6.07 Å². The van der Waals surface area contributed by atoms with Crippen LogP contribution in [0.15, 0.2) is 54.6 Å². The number of allylic oxidation sites excluding steroid dienone is 1. The van der Waals surface area contributed by atoms with Crippen LogP contribution in [0, 0.1) is 0 Å². The van der Waals surface area contributed by atoms with Crippen LogP contribution in [-0.4, -0.2) is 29.0 Å². The molecule has 0 spiro atoms. The Morgan fingerprint density at radius 1 is 1.12 bits per heavy atom. The lowest BCUT2D eigenvalue weighted by atomic mass is 9.95. The number of carbonyl (C=O) groups is 1. The topological polar surface area (TPSA) is 78.8 Å². The molecule has 25 heavy (non-hydrogen) atoms. The summed E-state index contributed by atoms with van der Waals surface area (Å²) in [4.78, 5) is 11.7. The zero-order valence-corrected chi connectivity index (χ0v) is 13.8. The maximum atomic E-state index is 11.7. The minimum atomic E-state index is -1.11. The van der Waals surface area contributed by atoms with Gasteiger partial charge in [-0.3, -0.25) is 0 Å². The van der Waals surface area contributed by atoms with Crippen molar-refractivity contribution in [3.05, 3.63) is 76.9 Å². The number of hydrogen-bond donors (Lipinski definition) is 3. The maximum absolute atomic E-state index is 11.7. The summed E-state index contributed by atoms with van der Waals surface area (Å²) in [5.74, 6) is 0. The van der Waals surface area contributed by atoms with E-state index < -0.39 is 18.3 Å². The Balaban J connectivity index is 1.50. The van der Waals surface area contributed by atoms with Gasteiger partial charge in [-0.1, -0.05) is 60.7 Å². The highest BCUT2D eigenvalue weighted by atomic mass is 16.5. The molecule has 2 aromatic rings. The first kappa shape index (κ1) is 17.2. The Morgan fingerprint density at radius 2 is 1.92 bits per heavy atom. The van der Waals surface area contributed by atoms with Crippen molar-refractivity contribution in [1.82, 2.24) is 5.32 Å². The normalized spacial score (nSPS) is 14.6. The van der Waals surface area contributed by atoms with Crippen molar-refractivity contribution >= 4 is 12.2 Å². The fourth-order valence-electron chi connectivity index (χ4n) is 2.88. The van der Waals surface area contributed by atoms with Crippen molar-refractivity contribution in [2.75, 3.05) is 6.54 Å². The van der Waals surface area contributed by atoms with Gasteiger partial charge in [-0.15, -0.1) is 0 Å². The van der Waals surface area contributed by atoms with Crippen molar-refractivity contribution in [1.29, 1.82) is 0 Å². The van der Waals surface area contributed by atoms with Gasteiger partial charge in [0.2, 0.25) is 0 Å². The van der Waals surface area contributed by atoms with E-state index >= 15 is 0 Å². The van der Waals surface area contributed by atoms with Crippen LogP contribution in [0.3, 0.4) is 0 Å². The summed E-state index contributed by atoms with van der Waals surface area (Å²) in [5, 5.41) is 23.1. The lowest BCUT2D eigenvalue weighted by molar-refractivity contribution is 0.0180. The van der Waals surface area contributed by atoms with Gasteiger partial charge in [0.15, 0.2) is 0 Å². The van der Waals surface area contributed by atoms with Crippen LogP contribution >= 0.6 is 0 Å². The lowest BCUT2D eigenvalue weighted by Crippen LogP contribution is -2.36. The van der Waals surface area contributed by atoms with Gasteiger partial charge in [-0.25, -0.2) is 4.79 Å². The average Bonchev–Trinajstić information content (AvgIpc) is 3.13. The number of aliphatic hydroxyl groups excluding tert-OH is 2. The van der Waals surface area contributed by atoms with Crippen LogP contribution in [0.2, 0.25) is 0 Å². The molecule has 5 heteroatoms. The molecule has 5 nitrogen and oxygen atoms in total. The van der Waals surface area contributed by atoms with Gasteiger partial charge < -0.3 is 20.3 Å². The summed E-state index contributed by atoms with van der Waals surface area (Å²) >= 11 is 0. The monoisotopic (exact) mass is 339 g/mol. The van der Waals surface area contributed by atoms with E-state index in [1.807, 2.05) is 54.6 Å². The molecule has 0 aliphatic heterocycles. The fourth-order valence-corrected chi connectivity index (χ4v) is 2.88. The molecule has 0 bridgehead atoms. The second kappa shape index (κ2) is 7.96. The third-order valence-corrected chi connectivity index (χ3v) is 4.22. The van der Waals surface area contributed by atoms with E-state index in [0.717, 1.165) is 23.1 Å². The minimum Gasteiger partial charge on any atom is -0.445 e. The van der Waals surface area contributed by atoms with Gasteiger partial charge in [0.05, 0.1) is 0 Å². The highest BCUT2D eigenvalue weighted by molar-refractivity contribution is 5.67. The maximum Gasteiger partial charge on any atom is 0.407 e. The van der Waals surface area contributed by atoms with Crippen LogP contribution in [0.5, 0.6) is 0 Å². The number of nitrogens with one attached hydrogen (secondary N) is 1. The number of alkyl carbamates (subject to hydrolysis) is 1. The first-order chi connectivity index (χ1) is 12.1. The second-order valence-electron chi connectivity index (χ2n) is 5.98. The quantitative estimate of drug-likeness (QED) is 0.756. The molecule has 130 valence electrons. The lowest BCUT2D eigenvalue weighted by Gasteiger charge is -2.21. The third kappa shape index (κ3) is 4.26. The Kier molecular flexibility index (Phi) is 5.48. The van der Waals surface area contributed by atoms with Gasteiger partial charge in [0.1, 0.15) is 18.8 Å². The fraction of sp³-hybridized carbons (Fsp3) is 0.250. The molecule has 2 atom stereocenters. The van der Waals surface area contributed by atoms with Crippen molar-refractivity contribution in [3.63, 3.8) is 0 Å². The number of benzene rings is 2. The molecule has 3 N–H and O–H groups in total. The van der Waals surface area contributed by atoms with Gasteiger partial charge in [-0.2, -0.15) is 0 Å². The molecule has 0 radical (unpaired) electrons. The largest absolute Gasteiger partial charge is 0.445 e. The van der Waals surface area contributed by atoms with Crippen molar-refractivity contribution in [3.8, 4) is 0 Å². The highest BCUT2D eigenvalue weighted by Crippen LogP contribution is 2.28. The molecule has 0 heterocycles. The molecule has 0 saturated heterocycles. The first-order valence-electron chi connectivity index (χ1n) is 8.24. The number of amides is 1. The minimum absolute atomic E-state index is 0.0914. The number of carbonyl (C=O) groups excluding carboxylic acids is 1. The van der Waals surface area contributed by atoms with E-state index in [-0.39, 0.29) is 13.2 Å². The molecule has 1 aliphatic carbocycles. The van der Waals surface area contributed by atoms with E-state index in [1.165, 1.54) is 0 Å². The van der Waals surface area contributed by atoms with E-state index in [0.29, 0.717) is 5.56 Å². The second-order valence-corrected chi connectivity index (χ2v) is 5.98. The third-order valence-electron chi connectivity index (χ3n) is 4.22. The summed E-state index contributed by atoms with van der Waals surface area (Å²) < 4.78 is 5.09. The summed E-state index contributed by atoms with van der Waals surface area (Å²) in [6.45, 7) is 0.0646. The van der Waals surface area contributed by atoms with Crippen molar-refractivity contribution in [2.24, 2.45) is 0 Å². The van der Waals surface area contributed by atoms with Gasteiger partial charge in [0, 0.05) is 6.54 Å². The van der Waals surface area contributed by atoms with Crippen LogP contribution < -0.4 is 5.32 Å².